The normalized spacial score (nSPS) is 23.9. The van der Waals surface area contributed by atoms with E-state index < -0.39 is 0 Å². The maximum atomic E-state index is 6.42. The lowest BCUT2D eigenvalue weighted by molar-refractivity contribution is -0.0688. The van der Waals surface area contributed by atoms with Crippen LogP contribution in [0, 0.1) is 0 Å². The fourth-order valence-corrected chi connectivity index (χ4v) is 3.79. The fraction of sp³-hybridized carbons (Fsp3) is 0.625. The molecule has 1 atom stereocenters. The first-order chi connectivity index (χ1) is 10.8. The van der Waals surface area contributed by atoms with Crippen molar-refractivity contribution in [1.82, 2.24) is 25.2 Å². The van der Waals surface area contributed by atoms with Crippen molar-refractivity contribution < 1.29 is 4.74 Å². The van der Waals surface area contributed by atoms with Gasteiger partial charge < -0.3 is 4.74 Å². The van der Waals surface area contributed by atoms with Crippen molar-refractivity contribution >= 4 is 0 Å². The Morgan fingerprint density at radius 1 is 1.18 bits per heavy atom. The number of hydrogen-bond donors (Lipinski definition) is 0. The van der Waals surface area contributed by atoms with Crippen LogP contribution < -0.4 is 0 Å². The zero-order valence-corrected chi connectivity index (χ0v) is 12.7. The molecular weight excluding hydrogens is 278 g/mol. The average Bonchev–Trinajstić information content (AvgIpc) is 3.17. The maximum Gasteiger partial charge on any atom is 0.200 e. The molecule has 0 aromatic carbocycles. The third kappa shape index (κ3) is 2.63. The van der Waals surface area contributed by atoms with Crippen LogP contribution in [0.2, 0.25) is 0 Å². The van der Waals surface area contributed by atoms with E-state index in [1.54, 1.807) is 6.20 Å². The van der Waals surface area contributed by atoms with Gasteiger partial charge in [-0.2, -0.15) is 0 Å². The van der Waals surface area contributed by atoms with Crippen molar-refractivity contribution in [3.63, 3.8) is 0 Å². The van der Waals surface area contributed by atoms with Gasteiger partial charge in [-0.05, 0) is 48.2 Å². The summed E-state index contributed by atoms with van der Waals surface area (Å²) in [5.41, 5.74) is 0.945. The molecule has 2 aliphatic rings. The van der Waals surface area contributed by atoms with E-state index in [1.807, 2.05) is 22.9 Å². The summed E-state index contributed by atoms with van der Waals surface area (Å²) in [6, 6.07) is 5.77. The van der Waals surface area contributed by atoms with E-state index in [1.165, 1.54) is 38.5 Å². The minimum absolute atomic E-state index is 0.141. The monoisotopic (exact) mass is 299 g/mol. The summed E-state index contributed by atoms with van der Waals surface area (Å²) in [6.07, 6.45) is 10.6. The SMILES string of the molecule is c1ccc(-c2nnnn2C[C@@H]2CCC3(CCCCC3)O2)nc1. The molecule has 6 heteroatoms. The third-order valence-corrected chi connectivity index (χ3v) is 4.91. The van der Waals surface area contributed by atoms with Gasteiger partial charge in [0.2, 0.25) is 5.82 Å². The molecule has 2 aromatic heterocycles. The highest BCUT2D eigenvalue weighted by atomic mass is 16.5. The molecule has 4 rings (SSSR count). The zero-order chi connectivity index (χ0) is 14.8. The predicted octanol–water partition coefficient (Wildman–Crippen LogP) is 2.62. The summed E-state index contributed by atoms with van der Waals surface area (Å²) in [5, 5.41) is 12.1. The molecule has 1 aliphatic heterocycles. The van der Waals surface area contributed by atoms with Crippen molar-refractivity contribution in [3.8, 4) is 11.5 Å². The number of hydrogen-bond acceptors (Lipinski definition) is 5. The van der Waals surface area contributed by atoms with Gasteiger partial charge in [-0.15, -0.1) is 5.10 Å². The maximum absolute atomic E-state index is 6.42. The molecule has 0 N–H and O–H groups in total. The standard InChI is InChI=1S/C16H21N5O/c1-3-8-16(9-4-1)10-7-13(22-16)12-21-15(18-19-20-21)14-6-2-5-11-17-14/h2,5-6,11,13H,1,3-4,7-10,12H2/t13-/m0/s1. The molecule has 2 fully saturated rings. The lowest BCUT2D eigenvalue weighted by Gasteiger charge is -2.33. The molecule has 1 spiro atoms. The molecule has 0 unspecified atom stereocenters. The summed E-state index contributed by atoms with van der Waals surface area (Å²) in [7, 11) is 0. The van der Waals surface area contributed by atoms with Gasteiger partial charge in [0.25, 0.3) is 0 Å². The molecule has 1 saturated carbocycles. The van der Waals surface area contributed by atoms with Crippen molar-refractivity contribution in [3.05, 3.63) is 24.4 Å². The third-order valence-electron chi connectivity index (χ3n) is 4.91. The molecule has 0 amide bonds. The molecule has 1 aliphatic carbocycles. The Hall–Kier alpha value is -1.82. The largest absolute Gasteiger partial charge is 0.370 e. The highest BCUT2D eigenvalue weighted by molar-refractivity contribution is 5.47. The first-order valence-corrected chi connectivity index (χ1v) is 8.20. The van der Waals surface area contributed by atoms with Gasteiger partial charge >= 0.3 is 0 Å². The van der Waals surface area contributed by atoms with Crippen LogP contribution in [0.3, 0.4) is 0 Å². The Morgan fingerprint density at radius 3 is 2.91 bits per heavy atom. The molecule has 0 radical (unpaired) electrons. The van der Waals surface area contributed by atoms with Gasteiger partial charge in [0, 0.05) is 6.20 Å². The van der Waals surface area contributed by atoms with Crippen molar-refractivity contribution in [2.45, 2.75) is 63.2 Å². The van der Waals surface area contributed by atoms with Crippen molar-refractivity contribution in [1.29, 1.82) is 0 Å². The predicted molar refractivity (Wildman–Crippen MR) is 81.0 cm³/mol. The summed E-state index contributed by atoms with van der Waals surface area (Å²) in [6.45, 7) is 0.709. The number of nitrogens with zero attached hydrogens (tertiary/aromatic N) is 5. The van der Waals surface area contributed by atoms with E-state index in [9.17, 15) is 0 Å². The summed E-state index contributed by atoms with van der Waals surface area (Å²) < 4.78 is 8.25. The summed E-state index contributed by atoms with van der Waals surface area (Å²) in [5.74, 6) is 0.716. The van der Waals surface area contributed by atoms with E-state index in [0.29, 0.717) is 12.4 Å². The van der Waals surface area contributed by atoms with Gasteiger partial charge in [0.15, 0.2) is 0 Å². The van der Waals surface area contributed by atoms with Crippen LogP contribution in [0.15, 0.2) is 24.4 Å². The van der Waals surface area contributed by atoms with Crippen molar-refractivity contribution in [2.24, 2.45) is 0 Å². The second-order valence-corrected chi connectivity index (χ2v) is 6.42. The lowest BCUT2D eigenvalue weighted by Crippen LogP contribution is -2.32. The molecule has 6 nitrogen and oxygen atoms in total. The van der Waals surface area contributed by atoms with Crippen LogP contribution in [-0.2, 0) is 11.3 Å². The molecule has 116 valence electrons. The van der Waals surface area contributed by atoms with Crippen LogP contribution in [0.4, 0.5) is 0 Å². The van der Waals surface area contributed by atoms with Gasteiger partial charge in [-0.3, -0.25) is 4.98 Å². The van der Waals surface area contributed by atoms with E-state index in [2.05, 4.69) is 20.5 Å². The Morgan fingerprint density at radius 2 is 2.09 bits per heavy atom. The van der Waals surface area contributed by atoms with E-state index in [0.717, 1.165) is 12.1 Å². The van der Waals surface area contributed by atoms with E-state index in [-0.39, 0.29) is 11.7 Å². The van der Waals surface area contributed by atoms with E-state index >= 15 is 0 Å². The lowest BCUT2D eigenvalue weighted by atomic mass is 9.83. The van der Waals surface area contributed by atoms with Crippen LogP contribution in [0.25, 0.3) is 11.5 Å². The minimum atomic E-state index is 0.141. The van der Waals surface area contributed by atoms with Crippen molar-refractivity contribution in [2.75, 3.05) is 0 Å². The second-order valence-electron chi connectivity index (χ2n) is 6.42. The summed E-state index contributed by atoms with van der Waals surface area (Å²) in [4.78, 5) is 4.34. The highest BCUT2D eigenvalue weighted by Crippen LogP contribution is 2.42. The van der Waals surface area contributed by atoms with Gasteiger partial charge in [0.05, 0.1) is 18.2 Å². The minimum Gasteiger partial charge on any atom is -0.370 e. The van der Waals surface area contributed by atoms with Crippen LogP contribution in [0.1, 0.15) is 44.9 Å². The first-order valence-electron chi connectivity index (χ1n) is 8.20. The Kier molecular flexibility index (Phi) is 3.62. The molecular formula is C16H21N5O. The highest BCUT2D eigenvalue weighted by Gasteiger charge is 2.41. The Balaban J connectivity index is 1.48. The topological polar surface area (TPSA) is 65.7 Å². The van der Waals surface area contributed by atoms with Crippen LogP contribution in [-0.4, -0.2) is 36.9 Å². The fourth-order valence-electron chi connectivity index (χ4n) is 3.79. The Bertz CT molecular complexity index is 620. The molecule has 0 bridgehead atoms. The van der Waals surface area contributed by atoms with Gasteiger partial charge in [-0.25, -0.2) is 4.68 Å². The summed E-state index contributed by atoms with van der Waals surface area (Å²) >= 11 is 0. The quantitative estimate of drug-likeness (QED) is 0.871. The molecule has 22 heavy (non-hydrogen) atoms. The first kappa shape index (κ1) is 13.8. The number of tetrazole rings is 1. The van der Waals surface area contributed by atoms with Crippen LogP contribution >= 0.6 is 0 Å². The number of rotatable bonds is 3. The zero-order valence-electron chi connectivity index (χ0n) is 12.7. The smallest absolute Gasteiger partial charge is 0.200 e. The second kappa shape index (κ2) is 5.76. The Labute approximate surface area is 129 Å². The number of ether oxygens (including phenoxy) is 1. The number of pyridine rings is 1. The number of aromatic nitrogens is 5. The van der Waals surface area contributed by atoms with Crippen LogP contribution in [0.5, 0.6) is 0 Å². The van der Waals surface area contributed by atoms with Gasteiger partial charge in [0.1, 0.15) is 5.69 Å². The molecule has 1 saturated heterocycles. The van der Waals surface area contributed by atoms with E-state index in [4.69, 9.17) is 4.74 Å². The average molecular weight is 299 g/mol. The molecule has 2 aromatic rings. The van der Waals surface area contributed by atoms with Gasteiger partial charge in [-0.1, -0.05) is 25.3 Å². The molecule has 3 heterocycles.